The molecular formula is C20H16ClN5O3. The summed E-state index contributed by atoms with van der Waals surface area (Å²) in [4.78, 5) is 25.2. The molecular weight excluding hydrogens is 394 g/mol. The second-order valence-corrected chi connectivity index (χ2v) is 7.68. The predicted octanol–water partition coefficient (Wildman–Crippen LogP) is 2.64. The van der Waals surface area contributed by atoms with Gasteiger partial charge in [-0.05, 0) is 42.7 Å². The van der Waals surface area contributed by atoms with Crippen LogP contribution in [0.1, 0.15) is 36.0 Å². The van der Waals surface area contributed by atoms with E-state index in [1.807, 2.05) is 12.1 Å². The van der Waals surface area contributed by atoms with E-state index in [9.17, 15) is 9.90 Å². The zero-order valence-corrected chi connectivity index (χ0v) is 16.0. The predicted molar refractivity (Wildman–Crippen MR) is 105 cm³/mol. The maximum atomic E-state index is 12.6. The fourth-order valence-corrected chi connectivity index (χ4v) is 3.81. The third kappa shape index (κ3) is 3.20. The zero-order valence-electron chi connectivity index (χ0n) is 15.2. The second-order valence-electron chi connectivity index (χ2n) is 7.24. The van der Waals surface area contributed by atoms with Gasteiger partial charge in [-0.1, -0.05) is 28.9 Å². The minimum Gasteiger partial charge on any atom is -0.385 e. The largest absolute Gasteiger partial charge is 0.385 e. The van der Waals surface area contributed by atoms with Crippen LogP contribution in [0, 0.1) is 0 Å². The zero-order chi connectivity index (χ0) is 20.0. The Bertz CT molecular complexity index is 1240. The molecule has 0 amide bonds. The van der Waals surface area contributed by atoms with Gasteiger partial charge in [0.05, 0.1) is 11.0 Å². The Balaban J connectivity index is 1.32. The van der Waals surface area contributed by atoms with Crippen molar-refractivity contribution in [3.8, 4) is 0 Å². The normalized spacial score (nSPS) is 21.2. The van der Waals surface area contributed by atoms with Crippen molar-refractivity contribution in [3.63, 3.8) is 0 Å². The highest BCUT2D eigenvalue weighted by atomic mass is 35.5. The van der Waals surface area contributed by atoms with Crippen molar-refractivity contribution in [2.75, 3.05) is 0 Å². The molecule has 0 saturated heterocycles. The van der Waals surface area contributed by atoms with Gasteiger partial charge in [0.25, 0.3) is 5.56 Å². The highest BCUT2D eigenvalue weighted by Crippen LogP contribution is 2.50. The first-order chi connectivity index (χ1) is 14.0. The van der Waals surface area contributed by atoms with Crippen LogP contribution in [0.15, 0.2) is 58.2 Å². The van der Waals surface area contributed by atoms with Crippen LogP contribution >= 0.6 is 11.6 Å². The van der Waals surface area contributed by atoms with Gasteiger partial charge >= 0.3 is 0 Å². The Labute approximate surface area is 169 Å². The van der Waals surface area contributed by atoms with E-state index in [0.717, 1.165) is 5.56 Å². The molecule has 8 nitrogen and oxygen atoms in total. The van der Waals surface area contributed by atoms with Crippen molar-refractivity contribution in [1.29, 1.82) is 0 Å². The van der Waals surface area contributed by atoms with E-state index < -0.39 is 5.60 Å². The van der Waals surface area contributed by atoms with Crippen molar-refractivity contribution < 1.29 is 9.63 Å². The molecule has 5 rings (SSSR count). The van der Waals surface area contributed by atoms with E-state index in [1.54, 1.807) is 30.5 Å². The van der Waals surface area contributed by atoms with Crippen LogP contribution in [0.3, 0.4) is 0 Å². The quantitative estimate of drug-likeness (QED) is 0.552. The number of aromatic nitrogens is 5. The van der Waals surface area contributed by atoms with Crippen LogP contribution in [0.5, 0.6) is 0 Å². The minimum atomic E-state index is -0.914. The Morgan fingerprint density at radius 3 is 2.79 bits per heavy atom. The number of benzene rings is 1. The molecule has 0 bridgehead atoms. The summed E-state index contributed by atoms with van der Waals surface area (Å²) in [6.45, 7) is 0.123. The van der Waals surface area contributed by atoms with E-state index in [0.29, 0.717) is 40.6 Å². The summed E-state index contributed by atoms with van der Waals surface area (Å²) in [5.74, 6) is 0.833. The highest BCUT2D eigenvalue weighted by molar-refractivity contribution is 6.30. The minimum absolute atomic E-state index is 0.0103. The SMILES string of the molecule is O=c1c2cccnc2ncn1Cc1nc([C@H]2C[C@](O)(c3ccc(Cl)cc3)C2)no1. The van der Waals surface area contributed by atoms with Gasteiger partial charge in [-0.3, -0.25) is 9.36 Å². The van der Waals surface area contributed by atoms with Crippen LogP contribution in [0.4, 0.5) is 0 Å². The Morgan fingerprint density at radius 2 is 2.00 bits per heavy atom. The first kappa shape index (κ1) is 18.0. The molecule has 0 radical (unpaired) electrons. The summed E-state index contributed by atoms with van der Waals surface area (Å²) in [6.07, 6.45) is 4.00. The Kier molecular flexibility index (Phi) is 4.18. The molecule has 1 aromatic carbocycles. The maximum absolute atomic E-state index is 12.6. The summed E-state index contributed by atoms with van der Waals surface area (Å²) < 4.78 is 6.73. The molecule has 146 valence electrons. The molecule has 3 aromatic heterocycles. The summed E-state index contributed by atoms with van der Waals surface area (Å²) in [5, 5.41) is 15.9. The van der Waals surface area contributed by atoms with Gasteiger partial charge in [-0.2, -0.15) is 4.98 Å². The van der Waals surface area contributed by atoms with Gasteiger partial charge in [0.2, 0.25) is 5.89 Å². The third-order valence-corrected chi connectivity index (χ3v) is 5.55. The summed E-state index contributed by atoms with van der Waals surface area (Å²) in [7, 11) is 0. The summed E-state index contributed by atoms with van der Waals surface area (Å²) in [5.41, 5.74) is 0.0891. The van der Waals surface area contributed by atoms with Crippen molar-refractivity contribution in [3.05, 3.63) is 81.6 Å². The number of nitrogens with zero attached hydrogens (tertiary/aromatic N) is 5. The molecule has 9 heteroatoms. The lowest BCUT2D eigenvalue weighted by molar-refractivity contribution is -0.0573. The monoisotopic (exact) mass is 409 g/mol. The molecule has 1 N–H and O–H groups in total. The number of rotatable bonds is 4. The lowest BCUT2D eigenvalue weighted by Crippen LogP contribution is -2.40. The third-order valence-electron chi connectivity index (χ3n) is 5.30. The smallest absolute Gasteiger partial charge is 0.263 e. The molecule has 1 aliphatic rings. The topological polar surface area (TPSA) is 107 Å². The van der Waals surface area contributed by atoms with Gasteiger partial charge < -0.3 is 9.63 Å². The summed E-state index contributed by atoms with van der Waals surface area (Å²) >= 11 is 5.91. The Morgan fingerprint density at radius 1 is 1.21 bits per heavy atom. The maximum Gasteiger partial charge on any atom is 0.263 e. The van der Waals surface area contributed by atoms with Crippen LogP contribution in [-0.4, -0.2) is 29.8 Å². The van der Waals surface area contributed by atoms with Crippen molar-refractivity contribution in [1.82, 2.24) is 24.7 Å². The fourth-order valence-electron chi connectivity index (χ4n) is 3.69. The number of aliphatic hydroxyl groups is 1. The van der Waals surface area contributed by atoms with Crippen LogP contribution in [0.25, 0.3) is 11.0 Å². The van der Waals surface area contributed by atoms with Crippen LogP contribution in [0.2, 0.25) is 5.02 Å². The molecule has 29 heavy (non-hydrogen) atoms. The molecule has 1 fully saturated rings. The number of hydrogen-bond donors (Lipinski definition) is 1. The lowest BCUT2D eigenvalue weighted by Gasteiger charge is -2.42. The van der Waals surface area contributed by atoms with E-state index in [4.69, 9.17) is 16.1 Å². The highest BCUT2D eigenvalue weighted by Gasteiger charge is 2.46. The van der Waals surface area contributed by atoms with E-state index in [1.165, 1.54) is 10.9 Å². The lowest BCUT2D eigenvalue weighted by atomic mass is 9.67. The Hall–Kier alpha value is -3.10. The molecule has 0 atom stereocenters. The van der Waals surface area contributed by atoms with E-state index in [-0.39, 0.29) is 18.0 Å². The van der Waals surface area contributed by atoms with Gasteiger partial charge in [0, 0.05) is 17.1 Å². The van der Waals surface area contributed by atoms with Gasteiger partial charge in [-0.15, -0.1) is 0 Å². The molecule has 0 unspecified atom stereocenters. The van der Waals surface area contributed by atoms with Crippen molar-refractivity contribution >= 4 is 22.6 Å². The molecule has 0 aliphatic heterocycles. The molecule has 1 saturated carbocycles. The summed E-state index contributed by atoms with van der Waals surface area (Å²) in [6, 6.07) is 10.6. The van der Waals surface area contributed by atoms with E-state index >= 15 is 0 Å². The number of fused-ring (bicyclic) bond motifs is 1. The molecule has 0 spiro atoms. The standard InChI is InChI=1S/C20H16ClN5O3/c21-14-5-3-13(4-6-14)20(28)8-12(9-20)17-24-16(29-25-17)10-26-11-23-18-15(19(26)27)2-1-7-22-18/h1-7,11-12,28H,8-10H2/t12-,20+. The van der Waals surface area contributed by atoms with Crippen molar-refractivity contribution in [2.24, 2.45) is 0 Å². The van der Waals surface area contributed by atoms with Gasteiger partial charge in [0.15, 0.2) is 11.5 Å². The number of pyridine rings is 1. The molecule has 3 heterocycles. The number of halogens is 1. The first-order valence-corrected chi connectivity index (χ1v) is 9.51. The second kappa shape index (κ2) is 6.75. The fraction of sp³-hybridized carbons (Fsp3) is 0.250. The van der Waals surface area contributed by atoms with Crippen LogP contribution in [-0.2, 0) is 12.1 Å². The first-order valence-electron chi connectivity index (χ1n) is 9.13. The molecule has 4 aromatic rings. The average Bonchev–Trinajstić information content (AvgIpc) is 3.16. The van der Waals surface area contributed by atoms with E-state index in [2.05, 4.69) is 20.1 Å². The van der Waals surface area contributed by atoms with Gasteiger partial charge in [0.1, 0.15) is 12.9 Å². The molecule has 1 aliphatic carbocycles. The average molecular weight is 410 g/mol. The van der Waals surface area contributed by atoms with Gasteiger partial charge in [-0.25, -0.2) is 9.97 Å². The van der Waals surface area contributed by atoms with Crippen LogP contribution < -0.4 is 5.56 Å². The number of hydrogen-bond acceptors (Lipinski definition) is 7. The van der Waals surface area contributed by atoms with Crippen molar-refractivity contribution in [2.45, 2.75) is 30.9 Å².